The number of nitrogens with one attached hydrogen (secondary N) is 2. The van der Waals surface area contributed by atoms with Crippen molar-refractivity contribution in [2.24, 2.45) is 5.41 Å². The average Bonchev–Trinajstić information content (AvgIpc) is 3.37. The maximum Gasteiger partial charge on any atom is 0.407 e. The van der Waals surface area contributed by atoms with Crippen LogP contribution in [0.2, 0.25) is 5.02 Å². The van der Waals surface area contributed by atoms with E-state index in [1.165, 1.54) is 0 Å². The molecule has 180 valence electrons. The van der Waals surface area contributed by atoms with E-state index in [1.54, 1.807) is 0 Å². The number of nitrogens with zero attached hydrogens (tertiary/aromatic N) is 4. The number of aromatic amines is 1. The molecule has 1 atom stereocenters. The molecule has 34 heavy (non-hydrogen) atoms. The lowest BCUT2D eigenvalue weighted by Crippen LogP contribution is -2.51. The van der Waals surface area contributed by atoms with E-state index in [0.29, 0.717) is 16.2 Å². The molecule has 2 aromatic heterocycles. The van der Waals surface area contributed by atoms with Gasteiger partial charge in [0.25, 0.3) is 0 Å². The number of fused-ring (bicyclic) bond motifs is 1. The van der Waals surface area contributed by atoms with Crippen molar-refractivity contribution in [3.63, 3.8) is 0 Å². The first-order valence-electron chi connectivity index (χ1n) is 11.9. The second-order valence-corrected chi connectivity index (χ2v) is 10.8. The number of carbonyl (C=O) groups excluding carboxylic acids is 1. The molecule has 9 heteroatoms. The highest BCUT2D eigenvalue weighted by atomic mass is 35.5. The normalized spacial score (nSPS) is 20.1. The molecule has 5 rings (SSSR count). The van der Waals surface area contributed by atoms with E-state index in [2.05, 4.69) is 25.4 Å². The van der Waals surface area contributed by atoms with Gasteiger partial charge in [0, 0.05) is 24.7 Å². The summed E-state index contributed by atoms with van der Waals surface area (Å²) in [6.45, 7) is 7.42. The van der Waals surface area contributed by atoms with Gasteiger partial charge in [0.1, 0.15) is 16.9 Å². The van der Waals surface area contributed by atoms with E-state index in [1.807, 2.05) is 51.2 Å². The smallest absolute Gasteiger partial charge is 0.407 e. The summed E-state index contributed by atoms with van der Waals surface area (Å²) >= 11 is 6.36. The molecular formula is C25H31ClN6O2. The van der Waals surface area contributed by atoms with Gasteiger partial charge in [-0.2, -0.15) is 5.10 Å². The summed E-state index contributed by atoms with van der Waals surface area (Å²) in [5.41, 5.74) is 2.56. The number of H-pyrrole nitrogens is 1. The molecule has 8 nitrogen and oxygen atoms in total. The molecule has 1 aliphatic carbocycles. The SMILES string of the molecule is CC(C)(C)OC(=O)NC1CCCC12CCN(c1cnc3c(-c4ccccc4Cl)[nH]nc3n1)CC2. The van der Waals surface area contributed by atoms with E-state index in [0.717, 1.165) is 62.3 Å². The molecule has 2 fully saturated rings. The van der Waals surface area contributed by atoms with E-state index in [4.69, 9.17) is 21.3 Å². The zero-order valence-corrected chi connectivity index (χ0v) is 20.7. The standard InChI is InChI=1S/C25H31ClN6O2/c1-24(2,3)34-23(33)28-18-9-6-10-25(18)11-13-32(14-12-25)19-15-27-21-20(30-31-22(21)29-19)16-7-4-5-8-17(16)26/h4-5,7-8,15,18H,6,9-14H2,1-3H3,(H,28,33)(H,29,30,31). The predicted molar refractivity (Wildman–Crippen MR) is 133 cm³/mol. The molecule has 2 aliphatic rings. The van der Waals surface area contributed by atoms with Crippen molar-refractivity contribution in [2.45, 2.75) is 64.5 Å². The zero-order valence-electron chi connectivity index (χ0n) is 19.9. The first-order valence-corrected chi connectivity index (χ1v) is 12.3. The van der Waals surface area contributed by atoms with Gasteiger partial charge in [-0.05, 0) is 57.9 Å². The second-order valence-electron chi connectivity index (χ2n) is 10.4. The molecule has 1 aliphatic heterocycles. The van der Waals surface area contributed by atoms with Crippen molar-refractivity contribution >= 4 is 34.7 Å². The Morgan fingerprint density at radius 2 is 2.00 bits per heavy atom. The summed E-state index contributed by atoms with van der Waals surface area (Å²) in [6, 6.07) is 7.78. The van der Waals surface area contributed by atoms with Crippen LogP contribution in [0.15, 0.2) is 30.5 Å². The van der Waals surface area contributed by atoms with Crippen LogP contribution in [-0.2, 0) is 4.74 Å². The van der Waals surface area contributed by atoms with Gasteiger partial charge in [0.2, 0.25) is 5.65 Å². The lowest BCUT2D eigenvalue weighted by molar-refractivity contribution is 0.0442. The number of carbonyl (C=O) groups is 1. The molecule has 3 heterocycles. The van der Waals surface area contributed by atoms with Crippen molar-refractivity contribution in [1.29, 1.82) is 0 Å². The predicted octanol–water partition coefficient (Wildman–Crippen LogP) is 5.34. The summed E-state index contributed by atoms with van der Waals surface area (Å²) in [7, 11) is 0. The molecule has 0 radical (unpaired) electrons. The number of hydrogen-bond acceptors (Lipinski definition) is 6. The number of halogens is 1. The van der Waals surface area contributed by atoms with Crippen molar-refractivity contribution in [3.05, 3.63) is 35.5 Å². The van der Waals surface area contributed by atoms with Crippen LogP contribution in [0, 0.1) is 5.41 Å². The fourth-order valence-corrected chi connectivity index (χ4v) is 5.61. The number of benzene rings is 1. The Balaban J connectivity index is 1.28. The Morgan fingerprint density at radius 1 is 1.24 bits per heavy atom. The Kier molecular flexibility index (Phi) is 5.88. The minimum absolute atomic E-state index is 0.120. The van der Waals surface area contributed by atoms with Crippen LogP contribution < -0.4 is 10.2 Å². The molecule has 1 spiro atoms. The molecule has 3 aromatic rings. The Bertz CT molecular complexity index is 1200. The Labute approximate surface area is 204 Å². The number of rotatable bonds is 3. The van der Waals surface area contributed by atoms with E-state index in [-0.39, 0.29) is 17.6 Å². The fourth-order valence-electron chi connectivity index (χ4n) is 5.38. The Hall–Kier alpha value is -2.87. The first-order chi connectivity index (χ1) is 16.2. The maximum atomic E-state index is 12.4. The van der Waals surface area contributed by atoms with Crippen LogP contribution in [0.4, 0.5) is 10.6 Å². The van der Waals surface area contributed by atoms with Gasteiger partial charge in [-0.25, -0.2) is 14.8 Å². The quantitative estimate of drug-likeness (QED) is 0.523. The van der Waals surface area contributed by atoms with Crippen molar-refractivity contribution < 1.29 is 9.53 Å². The molecule has 2 N–H and O–H groups in total. The van der Waals surface area contributed by atoms with Crippen molar-refractivity contribution in [2.75, 3.05) is 18.0 Å². The average molecular weight is 483 g/mol. The highest BCUT2D eigenvalue weighted by Crippen LogP contribution is 2.47. The van der Waals surface area contributed by atoms with E-state index >= 15 is 0 Å². The summed E-state index contributed by atoms with van der Waals surface area (Å²) in [6.07, 6.45) is 6.77. The minimum atomic E-state index is -0.492. The summed E-state index contributed by atoms with van der Waals surface area (Å²) in [5.74, 6) is 0.828. The number of anilines is 1. The van der Waals surface area contributed by atoms with Gasteiger partial charge >= 0.3 is 6.09 Å². The zero-order chi connectivity index (χ0) is 23.9. The van der Waals surface area contributed by atoms with Crippen LogP contribution in [0.25, 0.3) is 22.4 Å². The number of aromatic nitrogens is 4. The first kappa shape index (κ1) is 22.9. The lowest BCUT2D eigenvalue weighted by Gasteiger charge is -2.43. The second kappa shape index (κ2) is 8.73. The molecule has 1 aromatic carbocycles. The molecule has 1 saturated heterocycles. The topological polar surface area (TPSA) is 96.0 Å². The monoisotopic (exact) mass is 482 g/mol. The van der Waals surface area contributed by atoms with Crippen molar-refractivity contribution in [1.82, 2.24) is 25.5 Å². The molecular weight excluding hydrogens is 452 g/mol. The summed E-state index contributed by atoms with van der Waals surface area (Å²) in [5, 5.41) is 11.3. The number of hydrogen-bond donors (Lipinski definition) is 2. The minimum Gasteiger partial charge on any atom is -0.444 e. The van der Waals surface area contributed by atoms with Gasteiger partial charge < -0.3 is 15.0 Å². The van der Waals surface area contributed by atoms with Crippen LogP contribution in [0.1, 0.15) is 52.9 Å². The third-order valence-corrected chi connectivity index (χ3v) is 7.41. The maximum absolute atomic E-state index is 12.4. The molecule has 1 unspecified atom stereocenters. The highest BCUT2D eigenvalue weighted by molar-refractivity contribution is 6.33. The van der Waals surface area contributed by atoms with Gasteiger partial charge in [-0.1, -0.05) is 36.2 Å². The highest BCUT2D eigenvalue weighted by Gasteiger charge is 2.46. The van der Waals surface area contributed by atoms with Crippen LogP contribution in [0.5, 0.6) is 0 Å². The molecule has 0 bridgehead atoms. The summed E-state index contributed by atoms with van der Waals surface area (Å²) in [4.78, 5) is 24.1. The third kappa shape index (κ3) is 4.43. The van der Waals surface area contributed by atoms with Gasteiger partial charge in [-0.15, -0.1) is 0 Å². The van der Waals surface area contributed by atoms with Gasteiger partial charge in [0.15, 0.2) is 0 Å². The fraction of sp³-hybridized carbons (Fsp3) is 0.520. The van der Waals surface area contributed by atoms with Crippen molar-refractivity contribution in [3.8, 4) is 11.3 Å². The molecule has 1 saturated carbocycles. The number of alkyl carbamates (subject to hydrolysis) is 1. The number of amides is 1. The summed E-state index contributed by atoms with van der Waals surface area (Å²) < 4.78 is 5.51. The van der Waals surface area contributed by atoms with E-state index in [9.17, 15) is 4.79 Å². The molecule has 1 amide bonds. The van der Waals surface area contributed by atoms with Crippen LogP contribution in [-0.4, -0.2) is 51.0 Å². The number of piperidine rings is 1. The van der Waals surface area contributed by atoms with Gasteiger partial charge in [0.05, 0.1) is 16.9 Å². The van der Waals surface area contributed by atoms with Crippen LogP contribution in [0.3, 0.4) is 0 Å². The lowest BCUT2D eigenvalue weighted by atomic mass is 9.74. The van der Waals surface area contributed by atoms with Gasteiger partial charge in [-0.3, -0.25) is 5.10 Å². The Morgan fingerprint density at radius 3 is 2.74 bits per heavy atom. The number of ether oxygens (including phenoxy) is 1. The third-order valence-electron chi connectivity index (χ3n) is 7.08. The largest absolute Gasteiger partial charge is 0.444 e. The van der Waals surface area contributed by atoms with E-state index < -0.39 is 5.60 Å². The van der Waals surface area contributed by atoms with Crippen LogP contribution >= 0.6 is 11.6 Å².